The highest BCUT2D eigenvalue weighted by Gasteiger charge is 2.00. The molecule has 21 heavy (non-hydrogen) atoms. The lowest BCUT2D eigenvalue weighted by Crippen LogP contribution is -2.16. The molecule has 0 heterocycles. The van der Waals surface area contributed by atoms with Crippen LogP contribution in [0, 0.1) is 0 Å². The number of esters is 2. The molecule has 5 nitrogen and oxygen atoms in total. The summed E-state index contributed by atoms with van der Waals surface area (Å²) < 4.78 is 9.19. The Morgan fingerprint density at radius 2 is 1.05 bits per heavy atom. The second-order valence-electron chi connectivity index (χ2n) is 5.23. The predicted molar refractivity (Wildman–Crippen MR) is 83.1 cm³/mol. The first-order valence-corrected chi connectivity index (χ1v) is 8.05. The SMILES string of the molecule is COC(=O)CCCCCCNCCCCCCC(=O)OC. The van der Waals surface area contributed by atoms with Crippen LogP contribution < -0.4 is 5.32 Å². The summed E-state index contributed by atoms with van der Waals surface area (Å²) in [6.07, 6.45) is 9.72. The molecule has 0 atom stereocenters. The van der Waals surface area contributed by atoms with Crippen LogP contribution in [0.4, 0.5) is 0 Å². The molecule has 0 radical (unpaired) electrons. The third-order valence-corrected chi connectivity index (χ3v) is 3.42. The van der Waals surface area contributed by atoms with Gasteiger partial charge in [-0.25, -0.2) is 0 Å². The number of carbonyl (C=O) groups is 2. The zero-order valence-electron chi connectivity index (χ0n) is 13.6. The smallest absolute Gasteiger partial charge is 0.305 e. The minimum Gasteiger partial charge on any atom is -0.469 e. The van der Waals surface area contributed by atoms with E-state index in [2.05, 4.69) is 14.8 Å². The zero-order valence-corrected chi connectivity index (χ0v) is 13.6. The molecule has 0 bridgehead atoms. The Morgan fingerprint density at radius 1 is 0.667 bits per heavy atom. The van der Waals surface area contributed by atoms with Crippen LogP contribution in [0.5, 0.6) is 0 Å². The van der Waals surface area contributed by atoms with Crippen LogP contribution in [0.1, 0.15) is 64.2 Å². The molecule has 5 heteroatoms. The summed E-state index contributed by atoms with van der Waals surface area (Å²) >= 11 is 0. The van der Waals surface area contributed by atoms with Gasteiger partial charge < -0.3 is 14.8 Å². The first kappa shape index (κ1) is 19.9. The van der Waals surface area contributed by atoms with Crippen molar-refractivity contribution < 1.29 is 19.1 Å². The summed E-state index contributed by atoms with van der Waals surface area (Å²) in [5.41, 5.74) is 0. The topological polar surface area (TPSA) is 64.6 Å². The van der Waals surface area contributed by atoms with Crippen LogP contribution in [0.2, 0.25) is 0 Å². The lowest BCUT2D eigenvalue weighted by atomic mass is 10.1. The van der Waals surface area contributed by atoms with Crippen molar-refractivity contribution in [3.8, 4) is 0 Å². The standard InChI is InChI=1S/C16H31NO4/c1-20-15(18)11-7-3-5-9-13-17-14-10-6-4-8-12-16(19)21-2/h17H,3-14H2,1-2H3. The fourth-order valence-corrected chi connectivity index (χ4v) is 2.07. The number of hydrogen-bond donors (Lipinski definition) is 1. The molecule has 0 aliphatic carbocycles. The van der Waals surface area contributed by atoms with Crippen LogP contribution >= 0.6 is 0 Å². The summed E-state index contributed by atoms with van der Waals surface area (Å²) in [6.45, 7) is 2.08. The van der Waals surface area contributed by atoms with E-state index in [1.54, 1.807) is 0 Å². The van der Waals surface area contributed by atoms with Gasteiger partial charge in [0.2, 0.25) is 0 Å². The second kappa shape index (κ2) is 15.3. The van der Waals surface area contributed by atoms with Gasteiger partial charge in [0.1, 0.15) is 0 Å². The molecule has 0 aliphatic heterocycles. The first-order valence-electron chi connectivity index (χ1n) is 8.05. The third kappa shape index (κ3) is 15.1. The number of rotatable bonds is 14. The maximum atomic E-state index is 10.9. The van der Waals surface area contributed by atoms with Crippen molar-refractivity contribution in [1.82, 2.24) is 5.32 Å². The Labute approximate surface area is 128 Å². The Hall–Kier alpha value is -1.10. The number of methoxy groups -OCH3 is 2. The van der Waals surface area contributed by atoms with E-state index >= 15 is 0 Å². The molecule has 0 fully saturated rings. The van der Waals surface area contributed by atoms with Gasteiger partial charge in [-0.15, -0.1) is 0 Å². The highest BCUT2D eigenvalue weighted by molar-refractivity contribution is 5.69. The minimum atomic E-state index is -0.111. The average molecular weight is 301 g/mol. The van der Waals surface area contributed by atoms with Gasteiger partial charge in [-0.2, -0.15) is 0 Å². The first-order chi connectivity index (χ1) is 10.2. The van der Waals surface area contributed by atoms with Gasteiger partial charge >= 0.3 is 11.9 Å². The Morgan fingerprint density at radius 3 is 1.43 bits per heavy atom. The Kier molecular flexibility index (Phi) is 14.5. The summed E-state index contributed by atoms with van der Waals surface area (Å²) in [5.74, 6) is -0.222. The maximum absolute atomic E-state index is 10.9. The molecule has 0 spiro atoms. The van der Waals surface area contributed by atoms with Crippen molar-refractivity contribution in [3.63, 3.8) is 0 Å². The van der Waals surface area contributed by atoms with E-state index in [9.17, 15) is 9.59 Å². The van der Waals surface area contributed by atoms with E-state index in [0.29, 0.717) is 12.8 Å². The van der Waals surface area contributed by atoms with Crippen LogP contribution in [0.3, 0.4) is 0 Å². The molecule has 0 aromatic rings. The fraction of sp³-hybridized carbons (Fsp3) is 0.875. The van der Waals surface area contributed by atoms with Crippen molar-refractivity contribution in [2.75, 3.05) is 27.3 Å². The molecule has 0 unspecified atom stereocenters. The van der Waals surface area contributed by atoms with Crippen LogP contribution in [-0.4, -0.2) is 39.2 Å². The van der Waals surface area contributed by atoms with E-state index < -0.39 is 0 Å². The molecular formula is C16H31NO4. The quantitative estimate of drug-likeness (QED) is 0.395. The van der Waals surface area contributed by atoms with Crippen LogP contribution in [0.15, 0.2) is 0 Å². The number of nitrogens with one attached hydrogen (secondary N) is 1. The Bertz CT molecular complexity index is 243. The predicted octanol–water partition coefficient (Wildman–Crippen LogP) is 2.82. The van der Waals surface area contributed by atoms with E-state index in [1.807, 2.05) is 0 Å². The molecule has 0 aliphatic rings. The summed E-state index contributed by atoms with van der Waals surface area (Å²) in [4.78, 5) is 21.8. The van der Waals surface area contributed by atoms with Gasteiger partial charge in [-0.1, -0.05) is 25.7 Å². The summed E-state index contributed by atoms with van der Waals surface area (Å²) in [7, 11) is 2.86. The lowest BCUT2D eigenvalue weighted by molar-refractivity contribution is -0.141. The van der Waals surface area contributed by atoms with Gasteiger partial charge in [-0.05, 0) is 38.8 Å². The van der Waals surface area contributed by atoms with Crippen molar-refractivity contribution in [3.05, 3.63) is 0 Å². The van der Waals surface area contributed by atoms with Crippen molar-refractivity contribution in [1.29, 1.82) is 0 Å². The number of unbranched alkanes of at least 4 members (excludes halogenated alkanes) is 6. The molecule has 0 rings (SSSR count). The van der Waals surface area contributed by atoms with E-state index in [-0.39, 0.29) is 11.9 Å². The average Bonchev–Trinajstić information content (AvgIpc) is 2.51. The summed E-state index contributed by atoms with van der Waals surface area (Å²) in [5, 5.41) is 3.42. The van der Waals surface area contributed by atoms with Gasteiger partial charge in [0.25, 0.3) is 0 Å². The summed E-state index contributed by atoms with van der Waals surface area (Å²) in [6, 6.07) is 0. The highest BCUT2D eigenvalue weighted by atomic mass is 16.5. The molecule has 0 amide bonds. The largest absolute Gasteiger partial charge is 0.469 e. The fourth-order valence-electron chi connectivity index (χ4n) is 2.07. The van der Waals surface area contributed by atoms with Crippen molar-refractivity contribution in [2.24, 2.45) is 0 Å². The molecule has 0 saturated carbocycles. The zero-order chi connectivity index (χ0) is 15.8. The third-order valence-electron chi connectivity index (χ3n) is 3.42. The maximum Gasteiger partial charge on any atom is 0.305 e. The molecule has 1 N–H and O–H groups in total. The molecule has 0 aromatic carbocycles. The van der Waals surface area contributed by atoms with Gasteiger partial charge in [0.05, 0.1) is 14.2 Å². The van der Waals surface area contributed by atoms with Gasteiger partial charge in [0, 0.05) is 12.8 Å². The molecule has 0 aromatic heterocycles. The second-order valence-corrected chi connectivity index (χ2v) is 5.23. The minimum absolute atomic E-state index is 0.111. The number of hydrogen-bond acceptors (Lipinski definition) is 5. The van der Waals surface area contributed by atoms with Crippen LogP contribution in [0.25, 0.3) is 0 Å². The normalized spacial score (nSPS) is 10.4. The monoisotopic (exact) mass is 301 g/mol. The van der Waals surface area contributed by atoms with Gasteiger partial charge in [0.15, 0.2) is 0 Å². The van der Waals surface area contributed by atoms with Crippen molar-refractivity contribution in [2.45, 2.75) is 64.2 Å². The number of ether oxygens (including phenoxy) is 2. The Balaban J connectivity index is 3.06. The van der Waals surface area contributed by atoms with Crippen molar-refractivity contribution >= 4 is 11.9 Å². The van der Waals surface area contributed by atoms with E-state index in [4.69, 9.17) is 0 Å². The van der Waals surface area contributed by atoms with E-state index in [0.717, 1.165) is 64.5 Å². The lowest BCUT2D eigenvalue weighted by Gasteiger charge is -2.05. The molecule has 124 valence electrons. The molecule has 0 saturated heterocycles. The van der Waals surface area contributed by atoms with Gasteiger partial charge in [-0.3, -0.25) is 9.59 Å². The highest BCUT2D eigenvalue weighted by Crippen LogP contribution is 2.04. The van der Waals surface area contributed by atoms with Crippen LogP contribution in [-0.2, 0) is 19.1 Å². The number of carbonyl (C=O) groups excluding carboxylic acids is 2. The molecular weight excluding hydrogens is 270 g/mol. The van der Waals surface area contributed by atoms with E-state index in [1.165, 1.54) is 14.2 Å².